The van der Waals surface area contributed by atoms with Crippen LogP contribution in [0.2, 0.25) is 0 Å². The summed E-state index contributed by atoms with van der Waals surface area (Å²) in [6.07, 6.45) is 3.74. The van der Waals surface area contributed by atoms with Crippen LogP contribution >= 0.6 is 0 Å². The molecule has 0 fully saturated rings. The summed E-state index contributed by atoms with van der Waals surface area (Å²) < 4.78 is 0. The smallest absolute Gasteiger partial charge is 0.00871 e. The molecule has 0 radical (unpaired) electrons. The number of rotatable bonds is 6. The molecule has 1 atom stereocenters. The van der Waals surface area contributed by atoms with Gasteiger partial charge in [0.05, 0.1) is 0 Å². The molecule has 96 valence electrons. The van der Waals surface area contributed by atoms with Gasteiger partial charge in [-0.1, -0.05) is 37.6 Å². The Hall–Kier alpha value is -0.820. The van der Waals surface area contributed by atoms with Gasteiger partial charge in [-0.15, -0.1) is 0 Å². The molecule has 1 nitrogen and oxygen atoms in total. The van der Waals surface area contributed by atoms with Gasteiger partial charge in [0.25, 0.3) is 0 Å². The van der Waals surface area contributed by atoms with E-state index in [1.165, 1.54) is 36.0 Å². The Bertz CT molecular complexity index is 341. The molecule has 0 aliphatic heterocycles. The SMILES string of the molecule is CNC(CCCc1cc(C)ccc1C)C(C)C. The molecule has 0 aromatic heterocycles. The highest BCUT2D eigenvalue weighted by molar-refractivity contribution is 5.30. The average Bonchev–Trinajstić information content (AvgIpc) is 2.28. The first-order valence-corrected chi connectivity index (χ1v) is 6.78. The van der Waals surface area contributed by atoms with Gasteiger partial charge in [0, 0.05) is 6.04 Å². The lowest BCUT2D eigenvalue weighted by Crippen LogP contribution is -2.30. The minimum absolute atomic E-state index is 0.653. The van der Waals surface area contributed by atoms with Gasteiger partial charge in [-0.2, -0.15) is 0 Å². The van der Waals surface area contributed by atoms with Crippen LogP contribution in [0.1, 0.15) is 43.4 Å². The van der Waals surface area contributed by atoms with Gasteiger partial charge in [-0.25, -0.2) is 0 Å². The van der Waals surface area contributed by atoms with Crippen LogP contribution in [0.4, 0.5) is 0 Å². The standard InChI is InChI=1S/C16H27N/c1-12(2)16(17-5)8-6-7-15-11-13(3)9-10-14(15)4/h9-12,16-17H,6-8H2,1-5H3. The Morgan fingerprint density at radius 3 is 2.47 bits per heavy atom. The summed E-state index contributed by atoms with van der Waals surface area (Å²) in [4.78, 5) is 0. The largest absolute Gasteiger partial charge is 0.317 e. The highest BCUT2D eigenvalue weighted by atomic mass is 14.9. The molecule has 0 aliphatic carbocycles. The van der Waals surface area contributed by atoms with E-state index in [1.807, 2.05) is 0 Å². The summed E-state index contributed by atoms with van der Waals surface area (Å²) >= 11 is 0. The number of aryl methyl sites for hydroxylation is 3. The second-order valence-electron chi connectivity index (χ2n) is 5.46. The first kappa shape index (κ1) is 14.2. The van der Waals surface area contributed by atoms with Crippen molar-refractivity contribution in [3.8, 4) is 0 Å². The van der Waals surface area contributed by atoms with Crippen LogP contribution in [0.5, 0.6) is 0 Å². The molecular weight excluding hydrogens is 206 g/mol. The number of hydrogen-bond donors (Lipinski definition) is 1. The Labute approximate surface area is 107 Å². The highest BCUT2D eigenvalue weighted by Crippen LogP contribution is 2.16. The van der Waals surface area contributed by atoms with Crippen molar-refractivity contribution < 1.29 is 0 Å². The van der Waals surface area contributed by atoms with Crippen LogP contribution in [0, 0.1) is 19.8 Å². The van der Waals surface area contributed by atoms with Gasteiger partial charge in [0.15, 0.2) is 0 Å². The molecule has 1 rings (SSSR count). The highest BCUT2D eigenvalue weighted by Gasteiger charge is 2.10. The fourth-order valence-corrected chi connectivity index (χ4v) is 2.39. The monoisotopic (exact) mass is 233 g/mol. The molecular formula is C16H27N. The van der Waals surface area contributed by atoms with Crippen LogP contribution < -0.4 is 5.32 Å². The second kappa shape index (κ2) is 6.80. The minimum atomic E-state index is 0.653. The Morgan fingerprint density at radius 2 is 1.88 bits per heavy atom. The Balaban J connectivity index is 2.47. The van der Waals surface area contributed by atoms with Crippen molar-refractivity contribution in [1.82, 2.24) is 5.32 Å². The van der Waals surface area contributed by atoms with Crippen molar-refractivity contribution in [2.24, 2.45) is 5.92 Å². The predicted molar refractivity (Wildman–Crippen MR) is 76.5 cm³/mol. The van der Waals surface area contributed by atoms with E-state index in [1.54, 1.807) is 0 Å². The summed E-state index contributed by atoms with van der Waals surface area (Å²) in [6, 6.07) is 7.42. The van der Waals surface area contributed by atoms with Crippen LogP contribution in [0.25, 0.3) is 0 Å². The summed E-state index contributed by atoms with van der Waals surface area (Å²) in [7, 11) is 2.07. The van der Waals surface area contributed by atoms with E-state index >= 15 is 0 Å². The molecule has 0 bridgehead atoms. The third-order valence-corrected chi connectivity index (χ3v) is 3.64. The van der Waals surface area contributed by atoms with Crippen LogP contribution in [0.3, 0.4) is 0 Å². The third kappa shape index (κ3) is 4.51. The van der Waals surface area contributed by atoms with Gasteiger partial charge < -0.3 is 5.32 Å². The molecule has 0 saturated carbocycles. The fraction of sp³-hybridized carbons (Fsp3) is 0.625. The molecule has 0 spiro atoms. The lowest BCUT2D eigenvalue weighted by molar-refractivity contribution is 0.393. The van der Waals surface area contributed by atoms with Gasteiger partial charge >= 0.3 is 0 Å². The maximum absolute atomic E-state index is 3.41. The molecule has 0 saturated heterocycles. The zero-order valence-corrected chi connectivity index (χ0v) is 12.0. The van der Waals surface area contributed by atoms with Gasteiger partial charge in [0.1, 0.15) is 0 Å². The Kier molecular flexibility index (Phi) is 5.70. The zero-order chi connectivity index (χ0) is 12.8. The van der Waals surface area contributed by atoms with E-state index in [9.17, 15) is 0 Å². The van der Waals surface area contributed by atoms with Crippen molar-refractivity contribution in [1.29, 1.82) is 0 Å². The van der Waals surface area contributed by atoms with E-state index in [4.69, 9.17) is 0 Å². The maximum Gasteiger partial charge on any atom is 0.00871 e. The summed E-state index contributed by atoms with van der Waals surface area (Å²) in [5, 5.41) is 3.41. The van der Waals surface area contributed by atoms with Crippen molar-refractivity contribution in [2.45, 2.75) is 53.0 Å². The van der Waals surface area contributed by atoms with Crippen molar-refractivity contribution in [3.05, 3.63) is 34.9 Å². The molecule has 1 aromatic rings. The Morgan fingerprint density at radius 1 is 1.18 bits per heavy atom. The quantitative estimate of drug-likeness (QED) is 0.786. The van der Waals surface area contributed by atoms with E-state index in [0.717, 1.165) is 5.92 Å². The second-order valence-corrected chi connectivity index (χ2v) is 5.46. The average molecular weight is 233 g/mol. The molecule has 0 amide bonds. The third-order valence-electron chi connectivity index (χ3n) is 3.64. The maximum atomic E-state index is 3.41. The lowest BCUT2D eigenvalue weighted by Gasteiger charge is -2.20. The molecule has 1 N–H and O–H groups in total. The van der Waals surface area contributed by atoms with E-state index in [0.29, 0.717) is 6.04 Å². The van der Waals surface area contributed by atoms with Gasteiger partial charge in [-0.05, 0) is 57.2 Å². The number of nitrogens with one attached hydrogen (secondary N) is 1. The molecule has 0 aliphatic rings. The number of benzene rings is 1. The molecule has 1 heteroatoms. The van der Waals surface area contributed by atoms with E-state index in [2.05, 4.69) is 58.3 Å². The molecule has 0 heterocycles. The van der Waals surface area contributed by atoms with Crippen LogP contribution in [-0.4, -0.2) is 13.1 Å². The minimum Gasteiger partial charge on any atom is -0.317 e. The first-order chi connectivity index (χ1) is 8.04. The molecule has 17 heavy (non-hydrogen) atoms. The zero-order valence-electron chi connectivity index (χ0n) is 12.0. The molecule has 1 unspecified atom stereocenters. The van der Waals surface area contributed by atoms with Crippen LogP contribution in [0.15, 0.2) is 18.2 Å². The van der Waals surface area contributed by atoms with Crippen molar-refractivity contribution >= 4 is 0 Å². The lowest BCUT2D eigenvalue weighted by atomic mass is 9.95. The normalized spacial score (nSPS) is 13.1. The topological polar surface area (TPSA) is 12.0 Å². The van der Waals surface area contributed by atoms with E-state index < -0.39 is 0 Å². The van der Waals surface area contributed by atoms with Gasteiger partial charge in [-0.3, -0.25) is 0 Å². The number of hydrogen-bond acceptors (Lipinski definition) is 1. The van der Waals surface area contributed by atoms with E-state index in [-0.39, 0.29) is 0 Å². The van der Waals surface area contributed by atoms with Crippen molar-refractivity contribution in [2.75, 3.05) is 7.05 Å². The summed E-state index contributed by atoms with van der Waals surface area (Å²) in [5.41, 5.74) is 4.32. The molecule has 1 aromatic carbocycles. The van der Waals surface area contributed by atoms with Crippen molar-refractivity contribution in [3.63, 3.8) is 0 Å². The predicted octanol–water partition coefficient (Wildman–Crippen LogP) is 3.87. The summed E-state index contributed by atoms with van der Waals surface area (Å²) in [5.74, 6) is 0.721. The first-order valence-electron chi connectivity index (χ1n) is 6.78. The summed E-state index contributed by atoms with van der Waals surface area (Å²) in [6.45, 7) is 8.97. The van der Waals surface area contributed by atoms with Crippen LogP contribution in [-0.2, 0) is 6.42 Å². The fourth-order valence-electron chi connectivity index (χ4n) is 2.39. The van der Waals surface area contributed by atoms with Gasteiger partial charge in [0.2, 0.25) is 0 Å².